The van der Waals surface area contributed by atoms with Crippen LogP contribution in [0.4, 0.5) is 0 Å². The highest BCUT2D eigenvalue weighted by atomic mass is 16.7. The third-order valence-electron chi connectivity index (χ3n) is 8.63. The fourth-order valence-electron chi connectivity index (χ4n) is 7.61. The van der Waals surface area contributed by atoms with Crippen LogP contribution in [0.25, 0.3) is 0 Å². The smallest absolute Gasteiger partial charge is 0.343 e. The van der Waals surface area contributed by atoms with Crippen molar-refractivity contribution in [2.75, 3.05) is 13.7 Å². The Balaban J connectivity index is 1.46. The molecule has 0 aromatic heterocycles. The second-order valence-corrected chi connectivity index (χ2v) is 9.58. The quantitative estimate of drug-likeness (QED) is 0.720. The number of esters is 1. The molecule has 5 bridgehead atoms. The lowest BCUT2D eigenvalue weighted by Crippen LogP contribution is -2.61. The number of hydrogen-bond donors (Lipinski definition) is 1. The van der Waals surface area contributed by atoms with Gasteiger partial charge in [0.15, 0.2) is 5.76 Å². The summed E-state index contributed by atoms with van der Waals surface area (Å²) in [5.74, 6) is 0.990. The van der Waals surface area contributed by atoms with E-state index in [2.05, 4.69) is 11.8 Å². The van der Waals surface area contributed by atoms with Crippen molar-refractivity contribution >= 4 is 5.97 Å². The van der Waals surface area contributed by atoms with E-state index in [1.165, 1.54) is 0 Å². The Morgan fingerprint density at radius 3 is 2.93 bits per heavy atom. The molecule has 7 nitrogen and oxygen atoms in total. The molecule has 5 fully saturated rings. The zero-order chi connectivity index (χ0) is 20.3. The molecule has 5 saturated heterocycles. The van der Waals surface area contributed by atoms with Gasteiger partial charge in [-0.3, -0.25) is 4.90 Å². The van der Waals surface area contributed by atoms with E-state index in [1.54, 1.807) is 14.0 Å². The topological polar surface area (TPSA) is 77.5 Å². The van der Waals surface area contributed by atoms with Crippen LogP contribution in [-0.4, -0.2) is 59.2 Å². The van der Waals surface area contributed by atoms with Crippen LogP contribution in [0.2, 0.25) is 0 Å². The number of aliphatic hydroxyl groups is 1. The van der Waals surface area contributed by atoms with Gasteiger partial charge in [-0.25, -0.2) is 4.79 Å². The summed E-state index contributed by atoms with van der Waals surface area (Å²) in [5.41, 5.74) is 0.346. The van der Waals surface area contributed by atoms with Gasteiger partial charge in [-0.1, -0.05) is 13.8 Å². The summed E-state index contributed by atoms with van der Waals surface area (Å²) in [6.07, 6.45) is 3.26. The third-order valence-corrected chi connectivity index (χ3v) is 8.63. The first-order valence-electron chi connectivity index (χ1n) is 10.9. The van der Waals surface area contributed by atoms with Gasteiger partial charge in [0.2, 0.25) is 11.5 Å². The highest BCUT2D eigenvalue weighted by molar-refractivity contribution is 5.93. The Kier molecular flexibility index (Phi) is 3.49. The second kappa shape index (κ2) is 5.56. The molecule has 6 rings (SSSR count). The van der Waals surface area contributed by atoms with E-state index in [1.807, 2.05) is 6.92 Å². The fraction of sp³-hybridized carbons (Fsp3) is 0.773. The number of hydrogen-bond acceptors (Lipinski definition) is 7. The Hall–Kier alpha value is -1.57. The van der Waals surface area contributed by atoms with E-state index >= 15 is 0 Å². The largest absolute Gasteiger partial charge is 0.492 e. The summed E-state index contributed by atoms with van der Waals surface area (Å²) < 4.78 is 24.5. The molecule has 0 radical (unpaired) electrons. The molecule has 0 aromatic carbocycles. The molecule has 6 aliphatic rings. The van der Waals surface area contributed by atoms with Crippen LogP contribution in [0, 0.1) is 17.8 Å². The van der Waals surface area contributed by atoms with Gasteiger partial charge in [0.1, 0.15) is 5.76 Å². The minimum atomic E-state index is -0.683. The van der Waals surface area contributed by atoms with Crippen LogP contribution in [0.15, 0.2) is 22.9 Å². The van der Waals surface area contributed by atoms with Crippen molar-refractivity contribution in [2.24, 2.45) is 17.8 Å². The van der Waals surface area contributed by atoms with Crippen LogP contribution in [0.1, 0.15) is 46.5 Å². The van der Waals surface area contributed by atoms with E-state index in [0.29, 0.717) is 28.9 Å². The molecule has 7 heteroatoms. The van der Waals surface area contributed by atoms with Crippen molar-refractivity contribution in [1.82, 2.24) is 4.90 Å². The molecule has 0 amide bonds. The maximum atomic E-state index is 12.2. The Morgan fingerprint density at radius 2 is 2.21 bits per heavy atom. The van der Waals surface area contributed by atoms with Crippen LogP contribution in [0.5, 0.6) is 0 Å². The van der Waals surface area contributed by atoms with Gasteiger partial charge < -0.3 is 24.1 Å². The number of cyclic esters (lactones) is 1. The van der Waals surface area contributed by atoms with Gasteiger partial charge in [-0.15, -0.1) is 0 Å². The van der Waals surface area contributed by atoms with Gasteiger partial charge in [-0.05, 0) is 39.2 Å². The molecular formula is C22H29NO6. The minimum Gasteiger partial charge on any atom is -0.492 e. The van der Waals surface area contributed by atoms with E-state index in [4.69, 9.17) is 18.9 Å². The van der Waals surface area contributed by atoms with Gasteiger partial charge in [0, 0.05) is 17.9 Å². The normalized spacial score (nSPS) is 52.2. The van der Waals surface area contributed by atoms with Crippen molar-refractivity contribution in [3.05, 3.63) is 22.9 Å². The fourth-order valence-corrected chi connectivity index (χ4v) is 7.61. The molecule has 0 aliphatic carbocycles. The number of aliphatic hydroxyl groups excluding tert-OH is 1. The van der Waals surface area contributed by atoms with Crippen LogP contribution < -0.4 is 0 Å². The summed E-state index contributed by atoms with van der Waals surface area (Å²) in [4.78, 5) is 14.8. The number of allylic oxidation sites excluding steroid dienone is 1. The number of carbonyl (C=O) groups is 1. The van der Waals surface area contributed by atoms with E-state index in [-0.39, 0.29) is 41.5 Å². The lowest BCUT2D eigenvalue weighted by atomic mass is 9.69. The first kappa shape index (κ1) is 18.2. The molecule has 1 spiro atoms. The van der Waals surface area contributed by atoms with Crippen molar-refractivity contribution in [3.8, 4) is 0 Å². The SMILES string of the molecule is CC[C@H](O)C[C@@]12[C@@H]3C[C@H]4[C@H]5[C@H](C)/C(=C6/OC(=O)C(C)=C6OC)O[C@]5(O3)[C@H]1CCN42. The summed E-state index contributed by atoms with van der Waals surface area (Å²) in [7, 11) is 1.56. The van der Waals surface area contributed by atoms with Crippen LogP contribution >= 0.6 is 0 Å². The molecule has 9 atom stereocenters. The highest BCUT2D eigenvalue weighted by Crippen LogP contribution is 2.73. The van der Waals surface area contributed by atoms with Crippen LogP contribution in [0.3, 0.4) is 0 Å². The number of carbonyl (C=O) groups excluding carboxylic acids is 1. The molecule has 6 heterocycles. The monoisotopic (exact) mass is 403 g/mol. The van der Waals surface area contributed by atoms with E-state index in [0.717, 1.165) is 32.2 Å². The number of ether oxygens (including phenoxy) is 4. The summed E-state index contributed by atoms with van der Waals surface area (Å²) in [6, 6.07) is 0.373. The average Bonchev–Trinajstić information content (AvgIpc) is 3.40. The minimum absolute atomic E-state index is 0.0649. The lowest BCUT2D eigenvalue weighted by molar-refractivity contribution is -0.256. The number of rotatable bonds is 4. The Labute approximate surface area is 170 Å². The zero-order valence-electron chi connectivity index (χ0n) is 17.4. The van der Waals surface area contributed by atoms with Gasteiger partial charge in [0.25, 0.3) is 0 Å². The van der Waals surface area contributed by atoms with Crippen molar-refractivity contribution in [3.63, 3.8) is 0 Å². The molecule has 0 saturated carbocycles. The standard InChI is InChI=1S/C22H29NO6/c1-5-12(24)9-21-14-6-7-23(21)13-8-15(21)28-22(14)16(13)10(2)18(29-22)19-17(26-4)11(3)20(25)27-19/h10,12-16,24H,5-9H2,1-4H3/b19-18-/t10-,12-,13-,14-,15-,16+,21-,22+/m0/s1. The van der Waals surface area contributed by atoms with Gasteiger partial charge in [0.05, 0.1) is 36.3 Å². The van der Waals surface area contributed by atoms with Crippen molar-refractivity contribution < 1.29 is 28.8 Å². The predicted octanol–water partition coefficient (Wildman–Crippen LogP) is 2.06. The predicted molar refractivity (Wildman–Crippen MR) is 101 cm³/mol. The van der Waals surface area contributed by atoms with Crippen LogP contribution in [-0.2, 0) is 23.7 Å². The Morgan fingerprint density at radius 1 is 1.41 bits per heavy atom. The molecule has 29 heavy (non-hydrogen) atoms. The molecule has 6 aliphatic heterocycles. The Bertz CT molecular complexity index is 865. The molecule has 0 aromatic rings. The van der Waals surface area contributed by atoms with Crippen molar-refractivity contribution in [1.29, 1.82) is 0 Å². The lowest BCUT2D eigenvalue weighted by Gasteiger charge is -2.48. The number of methoxy groups -OCH3 is 1. The average molecular weight is 403 g/mol. The first-order chi connectivity index (χ1) is 13.9. The van der Waals surface area contributed by atoms with Gasteiger partial charge >= 0.3 is 5.97 Å². The van der Waals surface area contributed by atoms with Crippen molar-refractivity contribution in [2.45, 2.75) is 76.0 Å². The maximum Gasteiger partial charge on any atom is 0.343 e. The highest BCUT2D eigenvalue weighted by Gasteiger charge is 2.84. The van der Waals surface area contributed by atoms with E-state index in [9.17, 15) is 9.90 Å². The summed E-state index contributed by atoms with van der Waals surface area (Å²) >= 11 is 0. The summed E-state index contributed by atoms with van der Waals surface area (Å²) in [5, 5.41) is 10.6. The third kappa shape index (κ3) is 1.85. The molecule has 1 N–H and O–H groups in total. The van der Waals surface area contributed by atoms with Gasteiger partial charge in [-0.2, -0.15) is 0 Å². The number of fused-ring (bicyclic) bond motifs is 1. The number of nitrogens with zero attached hydrogens (tertiary/aromatic N) is 1. The molecule has 1 unspecified atom stereocenters. The molecular weight excluding hydrogens is 374 g/mol. The second-order valence-electron chi connectivity index (χ2n) is 9.58. The summed E-state index contributed by atoms with van der Waals surface area (Å²) in [6.45, 7) is 6.95. The zero-order valence-corrected chi connectivity index (χ0v) is 17.4. The first-order valence-corrected chi connectivity index (χ1v) is 10.9. The number of piperidine rings is 1. The molecule has 158 valence electrons. The maximum absolute atomic E-state index is 12.2. The van der Waals surface area contributed by atoms with E-state index < -0.39 is 5.79 Å².